The molecule has 0 fully saturated rings. The van der Waals surface area contributed by atoms with Gasteiger partial charge in [-0.3, -0.25) is 9.52 Å². The molecular weight excluding hydrogens is 516 g/mol. The van der Waals surface area contributed by atoms with Crippen LogP contribution in [0, 0.1) is 0 Å². The Labute approximate surface area is 219 Å². The Kier molecular flexibility index (Phi) is 8.20. The molecule has 0 aliphatic rings. The van der Waals surface area contributed by atoms with Gasteiger partial charge in [0.1, 0.15) is 11.0 Å². The van der Waals surface area contributed by atoms with Gasteiger partial charge < -0.3 is 10.1 Å². The van der Waals surface area contributed by atoms with Gasteiger partial charge in [0.25, 0.3) is 10.0 Å². The molecule has 0 spiro atoms. The first-order chi connectivity index (χ1) is 17.4. The number of halogens is 1. The predicted octanol–water partition coefficient (Wildman–Crippen LogP) is 6.62. The third-order valence-corrected chi connectivity index (χ3v) is 8.07. The molecule has 0 aliphatic heterocycles. The van der Waals surface area contributed by atoms with Crippen molar-refractivity contribution in [2.75, 3.05) is 17.1 Å². The van der Waals surface area contributed by atoms with Gasteiger partial charge in [-0.1, -0.05) is 60.1 Å². The van der Waals surface area contributed by atoms with Gasteiger partial charge in [-0.15, -0.1) is 11.8 Å². The average molecular weight is 539 g/mol. The fourth-order valence-corrected chi connectivity index (χ4v) is 5.70. The first-order valence-electron chi connectivity index (χ1n) is 10.9. The van der Waals surface area contributed by atoms with Crippen molar-refractivity contribution in [3.63, 3.8) is 0 Å². The zero-order valence-corrected chi connectivity index (χ0v) is 21.6. The Balaban J connectivity index is 1.54. The van der Waals surface area contributed by atoms with Crippen LogP contribution < -0.4 is 14.8 Å². The van der Waals surface area contributed by atoms with Crippen LogP contribution in [-0.4, -0.2) is 21.4 Å². The molecule has 0 heterocycles. The molecule has 1 unspecified atom stereocenters. The van der Waals surface area contributed by atoms with Gasteiger partial charge in [-0.05, 0) is 60.2 Å². The second-order valence-corrected chi connectivity index (χ2v) is 11.0. The molecule has 0 bridgehead atoms. The van der Waals surface area contributed by atoms with Crippen LogP contribution in [0.4, 0.5) is 11.4 Å². The summed E-state index contributed by atoms with van der Waals surface area (Å²) in [7, 11) is -2.17. The highest BCUT2D eigenvalue weighted by Crippen LogP contribution is 2.38. The maximum Gasteiger partial charge on any atom is 0.261 e. The molecule has 6 nitrogen and oxygen atoms in total. The van der Waals surface area contributed by atoms with E-state index in [0.717, 1.165) is 10.5 Å². The molecule has 2 N–H and O–H groups in total. The first kappa shape index (κ1) is 25.6. The van der Waals surface area contributed by atoms with Crippen LogP contribution in [0.15, 0.2) is 113 Å². The van der Waals surface area contributed by atoms with E-state index in [0.29, 0.717) is 22.1 Å². The maximum absolute atomic E-state index is 13.4. The van der Waals surface area contributed by atoms with E-state index in [2.05, 4.69) is 10.0 Å². The summed E-state index contributed by atoms with van der Waals surface area (Å²) in [4.78, 5) is 14.4. The molecule has 4 aromatic rings. The van der Waals surface area contributed by atoms with Crippen LogP contribution in [0.25, 0.3) is 0 Å². The van der Waals surface area contributed by atoms with Gasteiger partial charge in [-0.2, -0.15) is 0 Å². The summed E-state index contributed by atoms with van der Waals surface area (Å²) in [6.07, 6.45) is 0. The quantitative estimate of drug-likeness (QED) is 0.234. The number of hydrogen-bond acceptors (Lipinski definition) is 5. The SMILES string of the molecule is COc1ccc(Cl)cc1NC(=O)C(Sc1ccc(NS(=O)(=O)c2ccccc2)cc1)c1ccccc1. The van der Waals surface area contributed by atoms with Crippen molar-refractivity contribution in [2.24, 2.45) is 0 Å². The summed E-state index contributed by atoms with van der Waals surface area (Å²) in [5.74, 6) is 0.250. The summed E-state index contributed by atoms with van der Waals surface area (Å²) < 4.78 is 33.1. The van der Waals surface area contributed by atoms with E-state index in [4.69, 9.17) is 16.3 Å². The van der Waals surface area contributed by atoms with Gasteiger partial charge >= 0.3 is 0 Å². The van der Waals surface area contributed by atoms with Crippen LogP contribution in [-0.2, 0) is 14.8 Å². The lowest BCUT2D eigenvalue weighted by atomic mass is 10.1. The molecule has 184 valence electrons. The number of rotatable bonds is 9. The number of hydrogen-bond donors (Lipinski definition) is 2. The summed E-state index contributed by atoms with van der Waals surface area (Å²) >= 11 is 7.47. The second kappa shape index (κ2) is 11.5. The summed E-state index contributed by atoms with van der Waals surface area (Å²) in [6.45, 7) is 0. The van der Waals surface area contributed by atoms with Crippen molar-refractivity contribution in [3.8, 4) is 5.75 Å². The Hall–Kier alpha value is -3.46. The lowest BCUT2D eigenvalue weighted by Gasteiger charge is -2.18. The molecule has 0 saturated carbocycles. The van der Waals surface area contributed by atoms with E-state index >= 15 is 0 Å². The van der Waals surface area contributed by atoms with Gasteiger partial charge in [0.05, 0.1) is 17.7 Å². The Bertz CT molecular complexity index is 1430. The highest BCUT2D eigenvalue weighted by molar-refractivity contribution is 8.00. The number of ether oxygens (including phenoxy) is 1. The molecule has 9 heteroatoms. The van der Waals surface area contributed by atoms with Crippen LogP contribution in [0.5, 0.6) is 5.75 Å². The number of carbonyl (C=O) groups excluding carboxylic acids is 1. The number of carbonyl (C=O) groups is 1. The first-order valence-corrected chi connectivity index (χ1v) is 13.6. The lowest BCUT2D eigenvalue weighted by molar-refractivity contribution is -0.115. The van der Waals surface area contributed by atoms with Crippen molar-refractivity contribution in [1.82, 2.24) is 0 Å². The lowest BCUT2D eigenvalue weighted by Crippen LogP contribution is -2.19. The van der Waals surface area contributed by atoms with E-state index in [-0.39, 0.29) is 10.8 Å². The Morgan fingerprint density at radius 2 is 1.53 bits per heavy atom. The largest absolute Gasteiger partial charge is 0.495 e. The topological polar surface area (TPSA) is 84.5 Å². The van der Waals surface area contributed by atoms with E-state index in [1.54, 1.807) is 60.7 Å². The van der Waals surface area contributed by atoms with E-state index in [1.807, 2.05) is 30.3 Å². The van der Waals surface area contributed by atoms with Crippen molar-refractivity contribution in [1.29, 1.82) is 0 Å². The molecular formula is C27H23ClN2O4S2. The minimum Gasteiger partial charge on any atom is -0.495 e. The predicted molar refractivity (Wildman–Crippen MR) is 145 cm³/mol. The normalized spacial score (nSPS) is 11.9. The highest BCUT2D eigenvalue weighted by atomic mass is 35.5. The molecule has 0 aliphatic carbocycles. The van der Waals surface area contributed by atoms with Crippen molar-refractivity contribution >= 4 is 50.7 Å². The molecule has 0 saturated heterocycles. The Morgan fingerprint density at radius 3 is 2.17 bits per heavy atom. The summed E-state index contributed by atoms with van der Waals surface area (Å²) in [5.41, 5.74) is 1.71. The number of methoxy groups -OCH3 is 1. The molecule has 0 radical (unpaired) electrons. The van der Waals surface area contributed by atoms with Crippen molar-refractivity contribution in [3.05, 3.63) is 114 Å². The third-order valence-electron chi connectivity index (χ3n) is 5.17. The molecule has 4 rings (SSSR count). The molecule has 1 amide bonds. The zero-order chi connectivity index (χ0) is 25.5. The Morgan fingerprint density at radius 1 is 0.889 bits per heavy atom. The van der Waals surface area contributed by atoms with Crippen LogP contribution in [0.2, 0.25) is 5.02 Å². The molecule has 4 aromatic carbocycles. The fraction of sp³-hybridized carbons (Fsp3) is 0.0741. The van der Waals surface area contributed by atoms with Crippen molar-refractivity contribution < 1.29 is 17.9 Å². The number of nitrogens with one attached hydrogen (secondary N) is 2. The number of anilines is 2. The van der Waals surface area contributed by atoms with E-state index in [1.165, 1.54) is 31.0 Å². The van der Waals surface area contributed by atoms with E-state index in [9.17, 15) is 13.2 Å². The third kappa shape index (κ3) is 6.40. The fourth-order valence-electron chi connectivity index (χ4n) is 3.43. The molecule has 0 aromatic heterocycles. The monoisotopic (exact) mass is 538 g/mol. The van der Waals surface area contributed by atoms with Gasteiger partial charge in [-0.25, -0.2) is 8.42 Å². The second-order valence-electron chi connectivity index (χ2n) is 7.69. The minimum atomic E-state index is -3.69. The van der Waals surface area contributed by atoms with Crippen molar-refractivity contribution in [2.45, 2.75) is 15.0 Å². The highest BCUT2D eigenvalue weighted by Gasteiger charge is 2.23. The number of amides is 1. The smallest absolute Gasteiger partial charge is 0.261 e. The van der Waals surface area contributed by atoms with Gasteiger partial charge in [0, 0.05) is 15.6 Å². The van der Waals surface area contributed by atoms with Crippen LogP contribution in [0.1, 0.15) is 10.8 Å². The number of benzene rings is 4. The van der Waals surface area contributed by atoms with Crippen LogP contribution >= 0.6 is 23.4 Å². The summed E-state index contributed by atoms with van der Waals surface area (Å²) in [6, 6.07) is 29.5. The van der Waals surface area contributed by atoms with Gasteiger partial charge in [0.2, 0.25) is 5.91 Å². The van der Waals surface area contributed by atoms with E-state index < -0.39 is 15.3 Å². The van der Waals surface area contributed by atoms with Crippen LogP contribution in [0.3, 0.4) is 0 Å². The standard InChI is InChI=1S/C27H23ClN2O4S2/c1-34-25-17-12-20(28)18-24(25)29-27(31)26(19-8-4-2-5-9-19)35-22-15-13-21(14-16-22)30-36(32,33)23-10-6-3-7-11-23/h2-18,26,30H,1H3,(H,29,31). The minimum absolute atomic E-state index is 0.181. The molecule has 1 atom stereocenters. The zero-order valence-electron chi connectivity index (χ0n) is 19.2. The summed E-state index contributed by atoms with van der Waals surface area (Å²) in [5, 5.41) is 2.81. The maximum atomic E-state index is 13.4. The number of thioether (sulfide) groups is 1. The average Bonchev–Trinajstić information content (AvgIpc) is 2.89. The number of sulfonamides is 1. The van der Waals surface area contributed by atoms with Gasteiger partial charge in [0.15, 0.2) is 0 Å². The molecule has 36 heavy (non-hydrogen) atoms.